The van der Waals surface area contributed by atoms with E-state index < -0.39 is 0 Å². The number of likely N-dealkylation sites (N-methyl/N-ethyl adjacent to an activating group) is 1. The van der Waals surface area contributed by atoms with Gasteiger partial charge in [-0.05, 0) is 121 Å². The van der Waals surface area contributed by atoms with Gasteiger partial charge in [0.25, 0.3) is 0 Å². The van der Waals surface area contributed by atoms with E-state index in [-0.39, 0.29) is 0 Å². The van der Waals surface area contributed by atoms with E-state index in [0.29, 0.717) is 16.6 Å². The first kappa shape index (κ1) is 28.9. The maximum absolute atomic E-state index is 2.58. The van der Waals surface area contributed by atoms with Crippen molar-refractivity contribution in [3.05, 3.63) is 0 Å². The summed E-state index contributed by atoms with van der Waals surface area (Å²) in [5.41, 5.74) is 1.17. The maximum Gasteiger partial charge on any atom is 0.0126 e. The van der Waals surface area contributed by atoms with E-state index in [1.54, 1.807) is 0 Å². The second kappa shape index (κ2) is 12.9. The number of rotatable bonds is 0. The standard InChI is InChI=1S/C9H20N2.2C9H19N/c1-9(2,3)11-7-5-10(4)6-8-11;2*1-9(2,3)10-7-5-4-6-8-10/h5-8H2,1-4H3;2*4-8H2,1-3H3. The Morgan fingerprint density at radius 3 is 0.839 bits per heavy atom. The first-order valence-electron chi connectivity index (χ1n) is 13.1. The van der Waals surface area contributed by atoms with Gasteiger partial charge in [0.1, 0.15) is 0 Å². The summed E-state index contributed by atoms with van der Waals surface area (Å²) in [6, 6.07) is 0. The highest BCUT2D eigenvalue weighted by molar-refractivity contribution is 4.81. The van der Waals surface area contributed by atoms with Crippen molar-refractivity contribution in [2.75, 3.05) is 59.4 Å². The van der Waals surface area contributed by atoms with E-state index in [9.17, 15) is 0 Å². The van der Waals surface area contributed by atoms with Crippen LogP contribution in [0.25, 0.3) is 0 Å². The molecule has 0 saturated carbocycles. The highest BCUT2D eigenvalue weighted by Gasteiger charge is 2.24. The Morgan fingerprint density at radius 1 is 0.355 bits per heavy atom. The fourth-order valence-electron chi connectivity index (χ4n) is 4.61. The van der Waals surface area contributed by atoms with E-state index in [2.05, 4.69) is 89.0 Å². The molecule has 0 aromatic carbocycles. The number of piperidine rings is 2. The average Bonchev–Trinajstić information content (AvgIpc) is 2.69. The molecule has 3 rings (SSSR count). The lowest BCUT2D eigenvalue weighted by Gasteiger charge is -2.41. The molecule has 4 heteroatoms. The molecule has 0 radical (unpaired) electrons. The van der Waals surface area contributed by atoms with Gasteiger partial charge in [-0.2, -0.15) is 0 Å². The Morgan fingerprint density at radius 2 is 0.613 bits per heavy atom. The summed E-state index contributed by atoms with van der Waals surface area (Å²) < 4.78 is 0. The van der Waals surface area contributed by atoms with E-state index >= 15 is 0 Å². The SMILES string of the molecule is CC(C)(C)N1CCCCC1.CC(C)(C)N1CCCCC1.CN1CCN(C(C)(C)C)CC1. The molecule has 0 aromatic heterocycles. The molecule has 0 aromatic rings. The zero-order valence-electron chi connectivity index (χ0n) is 23.2. The van der Waals surface area contributed by atoms with Gasteiger partial charge in [-0.3, -0.25) is 14.7 Å². The van der Waals surface area contributed by atoms with E-state index in [1.165, 1.54) is 90.9 Å². The molecular formula is C27H58N4. The lowest BCUT2D eigenvalue weighted by Crippen LogP contribution is -2.52. The molecule has 3 aliphatic rings. The Balaban J connectivity index is 0.000000233. The Hall–Kier alpha value is -0.160. The fraction of sp³-hybridized carbons (Fsp3) is 1.00. The van der Waals surface area contributed by atoms with Crippen LogP contribution in [-0.2, 0) is 0 Å². The zero-order valence-corrected chi connectivity index (χ0v) is 23.2. The summed E-state index contributed by atoms with van der Waals surface area (Å²) in [6.07, 6.45) is 8.47. The van der Waals surface area contributed by atoms with Crippen molar-refractivity contribution < 1.29 is 0 Å². The Kier molecular flexibility index (Phi) is 12.0. The highest BCUT2D eigenvalue weighted by Crippen LogP contribution is 2.20. The smallest absolute Gasteiger partial charge is 0.0126 e. The summed E-state index contributed by atoms with van der Waals surface area (Å²) in [5.74, 6) is 0. The van der Waals surface area contributed by atoms with Gasteiger partial charge in [0.05, 0.1) is 0 Å². The van der Waals surface area contributed by atoms with Gasteiger partial charge >= 0.3 is 0 Å². The topological polar surface area (TPSA) is 13.0 Å². The van der Waals surface area contributed by atoms with Crippen LogP contribution in [0.3, 0.4) is 0 Å². The highest BCUT2D eigenvalue weighted by atomic mass is 15.3. The van der Waals surface area contributed by atoms with Crippen LogP contribution in [0.2, 0.25) is 0 Å². The summed E-state index contributed by atoms with van der Waals surface area (Å²) in [4.78, 5) is 10.1. The molecule has 3 heterocycles. The minimum atomic E-state index is 0.362. The summed E-state index contributed by atoms with van der Waals surface area (Å²) in [7, 11) is 2.19. The molecule has 0 spiro atoms. The largest absolute Gasteiger partial charge is 0.304 e. The van der Waals surface area contributed by atoms with Gasteiger partial charge in [-0.15, -0.1) is 0 Å². The predicted octanol–water partition coefficient (Wildman–Crippen LogP) is 5.57. The number of piperazine rings is 1. The molecule has 0 N–H and O–H groups in total. The van der Waals surface area contributed by atoms with Crippen LogP contribution >= 0.6 is 0 Å². The van der Waals surface area contributed by atoms with Crippen molar-refractivity contribution in [3.63, 3.8) is 0 Å². The number of likely N-dealkylation sites (tertiary alicyclic amines) is 2. The van der Waals surface area contributed by atoms with E-state index in [0.717, 1.165) is 0 Å². The third-order valence-electron chi connectivity index (χ3n) is 7.06. The predicted molar refractivity (Wildman–Crippen MR) is 139 cm³/mol. The molecule has 3 saturated heterocycles. The number of nitrogens with zero attached hydrogens (tertiary/aromatic N) is 4. The van der Waals surface area contributed by atoms with Gasteiger partial charge in [0.2, 0.25) is 0 Å². The minimum Gasteiger partial charge on any atom is -0.304 e. The van der Waals surface area contributed by atoms with Crippen LogP contribution in [0.1, 0.15) is 101 Å². The average molecular weight is 439 g/mol. The first-order valence-corrected chi connectivity index (χ1v) is 13.1. The third kappa shape index (κ3) is 12.0. The van der Waals surface area contributed by atoms with Crippen molar-refractivity contribution in [3.8, 4) is 0 Å². The quantitative estimate of drug-likeness (QED) is 0.490. The van der Waals surface area contributed by atoms with E-state index in [4.69, 9.17) is 0 Å². The van der Waals surface area contributed by atoms with Crippen LogP contribution in [0.5, 0.6) is 0 Å². The first-order chi connectivity index (χ1) is 14.2. The fourth-order valence-corrected chi connectivity index (χ4v) is 4.61. The summed E-state index contributed by atoms with van der Waals surface area (Å²) in [6.45, 7) is 30.8. The van der Waals surface area contributed by atoms with Gasteiger partial charge < -0.3 is 4.90 Å². The lowest BCUT2D eigenvalue weighted by molar-refractivity contribution is 0.0735. The monoisotopic (exact) mass is 438 g/mol. The molecule has 0 unspecified atom stereocenters. The zero-order chi connectivity index (χ0) is 23.7. The lowest BCUT2D eigenvalue weighted by atomic mass is 10.0. The molecule has 186 valence electrons. The van der Waals surface area contributed by atoms with Crippen molar-refractivity contribution in [1.82, 2.24) is 19.6 Å². The van der Waals surface area contributed by atoms with Crippen LogP contribution in [0.15, 0.2) is 0 Å². The maximum atomic E-state index is 2.58. The molecule has 0 amide bonds. The number of hydrogen-bond donors (Lipinski definition) is 0. The van der Waals surface area contributed by atoms with Gasteiger partial charge in [0.15, 0.2) is 0 Å². The molecule has 0 bridgehead atoms. The van der Waals surface area contributed by atoms with Crippen molar-refractivity contribution in [1.29, 1.82) is 0 Å². The van der Waals surface area contributed by atoms with Crippen LogP contribution < -0.4 is 0 Å². The second-order valence-corrected chi connectivity index (χ2v) is 12.9. The normalized spacial score (nSPS) is 23.4. The molecule has 4 nitrogen and oxygen atoms in total. The van der Waals surface area contributed by atoms with Gasteiger partial charge in [-0.25, -0.2) is 0 Å². The third-order valence-corrected chi connectivity index (χ3v) is 7.06. The molecule has 3 aliphatic heterocycles. The van der Waals surface area contributed by atoms with Crippen LogP contribution in [-0.4, -0.2) is 95.6 Å². The van der Waals surface area contributed by atoms with Gasteiger partial charge in [-0.1, -0.05) is 12.8 Å². The molecule has 3 fully saturated rings. The minimum absolute atomic E-state index is 0.362. The molecule has 0 atom stereocenters. The van der Waals surface area contributed by atoms with E-state index in [1.807, 2.05) is 0 Å². The van der Waals surface area contributed by atoms with Crippen molar-refractivity contribution >= 4 is 0 Å². The second-order valence-electron chi connectivity index (χ2n) is 12.9. The molecular weight excluding hydrogens is 380 g/mol. The summed E-state index contributed by atoms with van der Waals surface area (Å²) >= 11 is 0. The van der Waals surface area contributed by atoms with Gasteiger partial charge in [0, 0.05) is 42.8 Å². The van der Waals surface area contributed by atoms with Crippen LogP contribution in [0, 0.1) is 0 Å². The van der Waals surface area contributed by atoms with Crippen LogP contribution in [0.4, 0.5) is 0 Å². The molecule has 0 aliphatic carbocycles. The Bertz CT molecular complexity index is 421. The van der Waals surface area contributed by atoms with Crippen molar-refractivity contribution in [2.24, 2.45) is 0 Å². The summed E-state index contributed by atoms with van der Waals surface area (Å²) in [5, 5.41) is 0. The number of hydrogen-bond acceptors (Lipinski definition) is 4. The molecule has 31 heavy (non-hydrogen) atoms. The Labute approximate surface area is 196 Å². The van der Waals surface area contributed by atoms with Crippen molar-refractivity contribution in [2.45, 2.75) is 117 Å².